The predicted molar refractivity (Wildman–Crippen MR) is 29.8 cm³/mol. The van der Waals surface area contributed by atoms with E-state index in [2.05, 4.69) is 0 Å². The molecule has 95 valence electrons. The summed E-state index contributed by atoms with van der Waals surface area (Å²) in [5.74, 6) is 0. The Hall–Kier alpha value is -0.320. The molecule has 0 rings (SSSR count). The van der Waals surface area contributed by atoms with Crippen LogP contribution >= 0.6 is 0 Å². The van der Waals surface area contributed by atoms with E-state index in [-0.39, 0.29) is 84.2 Å². The maximum atomic E-state index is 6.25. The van der Waals surface area contributed by atoms with Gasteiger partial charge in [0.2, 0.25) is 0 Å². The monoisotopic (exact) mass is 533 g/mol. The van der Waals surface area contributed by atoms with Gasteiger partial charge in [-0.05, 0) is 0 Å². The van der Waals surface area contributed by atoms with Crippen LogP contribution < -0.4 is 0 Å². The van der Waals surface area contributed by atoms with Gasteiger partial charge in [0, 0.05) is 0 Å². The van der Waals surface area contributed by atoms with Crippen LogP contribution in [0.3, 0.4) is 0 Å². The van der Waals surface area contributed by atoms with Crippen LogP contribution in [0.2, 0.25) is 0 Å². The van der Waals surface area contributed by atoms with Gasteiger partial charge >= 0.3 is 84.2 Å². The van der Waals surface area contributed by atoms with Gasteiger partial charge in [-0.2, -0.15) is 0 Å². The average Bonchev–Trinajstić information content (AvgIpc) is 2.33. The molecule has 10 heteroatoms. The molecule has 0 aromatic heterocycles. The first-order valence-electron chi connectivity index (χ1n) is 1.34. The third-order valence-corrected chi connectivity index (χ3v) is 0. The quantitative estimate of drug-likeness (QED) is 0.328. The van der Waals surface area contributed by atoms with Gasteiger partial charge in [0.25, 0.3) is 0 Å². The zero-order chi connectivity index (χ0) is 12.0. The number of hydrogen-bond donors (Lipinski definition) is 0. The van der Waals surface area contributed by atoms with Crippen molar-refractivity contribution in [3.63, 3.8) is 0 Å². The Bertz CT molecular complexity index is 103. The molecular formula is C6Ag3FeN6. The van der Waals surface area contributed by atoms with Crippen molar-refractivity contribution >= 4 is 0 Å². The maximum Gasteiger partial charge on any atom is 3.00 e. The van der Waals surface area contributed by atoms with Gasteiger partial charge < -0.3 is 71.0 Å². The topological polar surface area (TPSA) is 143 Å². The van der Waals surface area contributed by atoms with Crippen molar-refractivity contribution < 1.29 is 84.2 Å². The standard InChI is InChI=1S/6CN.3Ag.Fe/c6*1-2;;;;/q6*-1;3*+1;+3. The molecular weight excluding hydrogens is 536 g/mol. The number of nitrogens with zero attached hydrogens (tertiary/aromatic N) is 6. The van der Waals surface area contributed by atoms with E-state index < -0.39 is 0 Å². The van der Waals surface area contributed by atoms with Gasteiger partial charge in [-0.3, -0.25) is 0 Å². The molecule has 1 radical (unpaired) electrons. The zero-order valence-corrected chi connectivity index (χ0v) is 12.5. The van der Waals surface area contributed by atoms with Crippen LogP contribution in [0, 0.1) is 71.0 Å². The fourth-order valence-electron chi connectivity index (χ4n) is 0. The minimum atomic E-state index is 0. The predicted octanol–water partition coefficient (Wildman–Crippen LogP) is 0.568. The van der Waals surface area contributed by atoms with Gasteiger partial charge in [0.15, 0.2) is 0 Å². The molecule has 0 aliphatic carbocycles. The summed E-state index contributed by atoms with van der Waals surface area (Å²) in [6.45, 7) is 28.5. The number of hydrogen-bond acceptors (Lipinski definition) is 6. The van der Waals surface area contributed by atoms with Crippen LogP contribution in [0.5, 0.6) is 0 Å². The summed E-state index contributed by atoms with van der Waals surface area (Å²) in [7, 11) is 0. The van der Waals surface area contributed by atoms with E-state index in [0.29, 0.717) is 0 Å². The molecule has 0 saturated carbocycles. The minimum absolute atomic E-state index is 0. The van der Waals surface area contributed by atoms with Gasteiger partial charge in [0.1, 0.15) is 0 Å². The van der Waals surface area contributed by atoms with Crippen LogP contribution in [-0.4, -0.2) is 0 Å². The summed E-state index contributed by atoms with van der Waals surface area (Å²) in [6.07, 6.45) is 0. The second kappa shape index (κ2) is 26900. The number of rotatable bonds is 0. The Morgan fingerprint density at radius 2 is 0.312 bits per heavy atom. The van der Waals surface area contributed by atoms with Gasteiger partial charge in [-0.1, -0.05) is 0 Å². The van der Waals surface area contributed by atoms with Gasteiger partial charge in [-0.25, -0.2) is 0 Å². The Balaban J connectivity index is -0.00000000321. The van der Waals surface area contributed by atoms with Crippen molar-refractivity contribution in [1.29, 1.82) is 31.6 Å². The summed E-state index contributed by atoms with van der Waals surface area (Å²) in [5, 5.41) is 37.5. The molecule has 0 atom stereocenters. The Labute approximate surface area is 153 Å². The van der Waals surface area contributed by atoms with Crippen LogP contribution in [0.15, 0.2) is 0 Å². The summed E-state index contributed by atoms with van der Waals surface area (Å²) >= 11 is 0. The van der Waals surface area contributed by atoms with Crippen LogP contribution in [0.25, 0.3) is 0 Å². The first-order valence-corrected chi connectivity index (χ1v) is 1.34. The van der Waals surface area contributed by atoms with Crippen molar-refractivity contribution in [3.05, 3.63) is 39.4 Å². The molecule has 0 saturated heterocycles. The van der Waals surface area contributed by atoms with Crippen LogP contribution in [0.4, 0.5) is 0 Å². The van der Waals surface area contributed by atoms with E-state index in [1.54, 1.807) is 0 Å². The van der Waals surface area contributed by atoms with E-state index in [1.165, 1.54) is 0 Å². The largest absolute Gasteiger partial charge is 3.00 e. The van der Waals surface area contributed by atoms with Crippen molar-refractivity contribution in [2.75, 3.05) is 0 Å². The van der Waals surface area contributed by atoms with E-state index in [9.17, 15) is 0 Å². The molecule has 16 heavy (non-hydrogen) atoms. The summed E-state index contributed by atoms with van der Waals surface area (Å²) in [4.78, 5) is 0. The van der Waals surface area contributed by atoms with Crippen molar-refractivity contribution in [2.24, 2.45) is 0 Å². The normalized spacial score (nSPS) is 0.750. The molecule has 0 heterocycles. The molecule has 0 unspecified atom stereocenters. The van der Waals surface area contributed by atoms with E-state index >= 15 is 0 Å². The summed E-state index contributed by atoms with van der Waals surface area (Å²) in [5.41, 5.74) is 0. The van der Waals surface area contributed by atoms with Crippen molar-refractivity contribution in [2.45, 2.75) is 0 Å². The molecule has 0 spiro atoms. The first-order chi connectivity index (χ1) is 6.00. The SMILES string of the molecule is [Ag+].[Ag+].[Ag+].[C-]#N.[C-]#N.[C-]#N.[C-]#N.[C-]#N.[C-]#N.[Fe+3]. The fourth-order valence-corrected chi connectivity index (χ4v) is 0. The minimum Gasteiger partial charge on any atom is -0.512 e. The summed E-state index contributed by atoms with van der Waals surface area (Å²) < 4.78 is 0. The van der Waals surface area contributed by atoms with Crippen molar-refractivity contribution in [3.8, 4) is 0 Å². The second-order valence-corrected chi connectivity index (χ2v) is 0. The Morgan fingerprint density at radius 3 is 0.312 bits per heavy atom. The molecule has 0 bridgehead atoms. The Kier molecular flexibility index (Phi) is 176000. The smallest absolute Gasteiger partial charge is 0.512 e. The average molecular weight is 536 g/mol. The molecule has 0 aromatic rings. The maximum absolute atomic E-state index is 6.25. The second-order valence-electron chi connectivity index (χ2n) is 0. The molecule has 0 aliphatic rings. The Morgan fingerprint density at radius 1 is 0.312 bits per heavy atom. The molecule has 0 amide bonds. The molecule has 0 N–H and O–H groups in total. The van der Waals surface area contributed by atoms with Crippen molar-refractivity contribution in [1.82, 2.24) is 0 Å². The molecule has 0 aliphatic heterocycles. The third-order valence-electron chi connectivity index (χ3n) is 0. The van der Waals surface area contributed by atoms with Gasteiger partial charge in [-0.15, -0.1) is 0 Å². The summed E-state index contributed by atoms with van der Waals surface area (Å²) in [6, 6.07) is 0. The zero-order valence-electron chi connectivity index (χ0n) is 6.94. The first kappa shape index (κ1) is 105. The molecule has 0 fully saturated rings. The van der Waals surface area contributed by atoms with E-state index in [4.69, 9.17) is 71.0 Å². The third kappa shape index (κ3) is 21500. The van der Waals surface area contributed by atoms with Crippen LogP contribution in [-0.2, 0) is 84.2 Å². The molecule has 6 nitrogen and oxygen atoms in total. The van der Waals surface area contributed by atoms with Gasteiger partial charge in [0.05, 0.1) is 0 Å². The van der Waals surface area contributed by atoms with E-state index in [1.807, 2.05) is 0 Å². The van der Waals surface area contributed by atoms with E-state index in [0.717, 1.165) is 0 Å². The fraction of sp³-hybridized carbons (Fsp3) is 0. The van der Waals surface area contributed by atoms with Crippen LogP contribution in [0.1, 0.15) is 0 Å². The molecule has 0 aromatic carbocycles.